The number of ether oxygens (including phenoxy) is 2. The van der Waals surface area contributed by atoms with Crippen LogP contribution in [-0.4, -0.2) is 28.8 Å². The zero-order valence-electron chi connectivity index (χ0n) is 18.9. The summed E-state index contributed by atoms with van der Waals surface area (Å²) in [7, 11) is 3.41. The first kappa shape index (κ1) is 23.1. The third-order valence-corrected chi connectivity index (χ3v) is 6.10. The van der Waals surface area contributed by atoms with Crippen molar-refractivity contribution in [2.75, 3.05) is 13.7 Å². The molecule has 0 saturated carbocycles. The molecule has 0 aliphatic rings. The molecule has 3 aromatic carbocycles. The summed E-state index contributed by atoms with van der Waals surface area (Å²) < 4.78 is 16.1. The highest BCUT2D eigenvalue weighted by molar-refractivity contribution is 14.1. The number of carbonyl (C=O) groups excluding carboxylic acids is 1. The molecule has 6 nitrogen and oxygen atoms in total. The number of carbonyl (C=O) groups is 1. The lowest BCUT2D eigenvalue weighted by molar-refractivity contribution is 0.0600. The van der Waals surface area contributed by atoms with Gasteiger partial charge < -0.3 is 18.6 Å². The Morgan fingerprint density at radius 1 is 1.00 bits per heavy atom. The Labute approximate surface area is 206 Å². The Hall–Kier alpha value is -3.07. The molecule has 0 saturated heterocycles. The van der Waals surface area contributed by atoms with E-state index in [1.165, 1.54) is 10.7 Å². The highest BCUT2D eigenvalue weighted by Crippen LogP contribution is 2.22. The summed E-state index contributed by atoms with van der Waals surface area (Å²) in [4.78, 5) is 16.8. The number of aryl methyl sites for hydroxylation is 1. The van der Waals surface area contributed by atoms with E-state index in [9.17, 15) is 4.79 Å². The Balaban J connectivity index is 1.83. The SMILES string of the molecule is CCCOc1ccc2c(c1)n(C)c(=Nc1ccc(I)cc1)n2Cc1ccc(C(=O)OC)cc1. The van der Waals surface area contributed by atoms with Gasteiger partial charge in [0.2, 0.25) is 5.62 Å². The number of rotatable bonds is 7. The zero-order chi connectivity index (χ0) is 23.4. The average molecular weight is 555 g/mol. The molecule has 0 radical (unpaired) electrons. The van der Waals surface area contributed by atoms with Crippen molar-refractivity contribution >= 4 is 45.3 Å². The van der Waals surface area contributed by atoms with Gasteiger partial charge >= 0.3 is 5.97 Å². The van der Waals surface area contributed by atoms with E-state index < -0.39 is 0 Å². The lowest BCUT2D eigenvalue weighted by atomic mass is 10.1. The summed E-state index contributed by atoms with van der Waals surface area (Å²) in [6, 6.07) is 21.8. The molecule has 0 fully saturated rings. The number of esters is 1. The van der Waals surface area contributed by atoms with Crippen molar-refractivity contribution in [3.05, 3.63) is 87.0 Å². The van der Waals surface area contributed by atoms with Gasteiger partial charge in [-0.2, -0.15) is 0 Å². The van der Waals surface area contributed by atoms with Crippen molar-refractivity contribution in [2.45, 2.75) is 19.9 Å². The minimum atomic E-state index is -0.339. The van der Waals surface area contributed by atoms with E-state index in [-0.39, 0.29) is 5.97 Å². The topological polar surface area (TPSA) is 57.8 Å². The van der Waals surface area contributed by atoms with Gasteiger partial charge in [-0.25, -0.2) is 9.79 Å². The molecule has 1 aromatic heterocycles. The quantitative estimate of drug-likeness (QED) is 0.226. The number of fused-ring (bicyclic) bond motifs is 1. The van der Waals surface area contributed by atoms with Gasteiger partial charge in [-0.1, -0.05) is 19.1 Å². The number of hydrogen-bond acceptors (Lipinski definition) is 4. The number of nitrogens with zero attached hydrogens (tertiary/aromatic N) is 3. The molecule has 0 N–H and O–H groups in total. The van der Waals surface area contributed by atoms with Crippen LogP contribution in [0.25, 0.3) is 11.0 Å². The van der Waals surface area contributed by atoms with Crippen LogP contribution < -0.4 is 10.4 Å². The number of benzene rings is 3. The number of halogens is 1. The minimum Gasteiger partial charge on any atom is -0.494 e. The third-order valence-electron chi connectivity index (χ3n) is 5.38. The van der Waals surface area contributed by atoms with E-state index in [1.807, 2.05) is 37.4 Å². The lowest BCUT2D eigenvalue weighted by Crippen LogP contribution is -2.24. The molecule has 7 heteroatoms. The maximum absolute atomic E-state index is 11.8. The molecule has 0 bridgehead atoms. The first-order valence-electron chi connectivity index (χ1n) is 10.8. The molecular formula is C26H26IN3O3. The second-order valence-corrected chi connectivity index (χ2v) is 8.97. The second-order valence-electron chi connectivity index (χ2n) is 7.72. The monoisotopic (exact) mass is 555 g/mol. The Morgan fingerprint density at radius 2 is 1.73 bits per heavy atom. The summed E-state index contributed by atoms with van der Waals surface area (Å²) in [5.41, 5.74) is 5.41. The largest absolute Gasteiger partial charge is 0.494 e. The molecule has 33 heavy (non-hydrogen) atoms. The van der Waals surface area contributed by atoms with E-state index in [0.717, 1.165) is 40.1 Å². The third kappa shape index (κ3) is 5.13. The zero-order valence-corrected chi connectivity index (χ0v) is 21.1. The average Bonchev–Trinajstić information content (AvgIpc) is 3.09. The summed E-state index contributed by atoms with van der Waals surface area (Å²) in [6.07, 6.45) is 0.958. The fraction of sp³-hybridized carbons (Fsp3) is 0.231. The van der Waals surface area contributed by atoms with Crippen LogP contribution in [0.1, 0.15) is 29.3 Å². The van der Waals surface area contributed by atoms with Crippen molar-refractivity contribution < 1.29 is 14.3 Å². The van der Waals surface area contributed by atoms with Gasteiger partial charge in [0.15, 0.2) is 0 Å². The molecular weight excluding hydrogens is 529 g/mol. The maximum Gasteiger partial charge on any atom is 0.337 e. The predicted octanol–water partition coefficient (Wildman–Crippen LogP) is 5.44. The van der Waals surface area contributed by atoms with Crippen LogP contribution in [0.3, 0.4) is 0 Å². The molecule has 0 unspecified atom stereocenters. The smallest absolute Gasteiger partial charge is 0.337 e. The van der Waals surface area contributed by atoms with E-state index in [2.05, 4.69) is 62.9 Å². The number of aromatic nitrogens is 2. The van der Waals surface area contributed by atoms with Crippen LogP contribution in [0.5, 0.6) is 5.75 Å². The highest BCUT2D eigenvalue weighted by atomic mass is 127. The van der Waals surface area contributed by atoms with Gasteiger partial charge in [-0.3, -0.25) is 0 Å². The molecule has 1 heterocycles. The fourth-order valence-corrected chi connectivity index (χ4v) is 4.03. The van der Waals surface area contributed by atoms with Crippen molar-refractivity contribution in [1.82, 2.24) is 9.13 Å². The molecule has 170 valence electrons. The van der Waals surface area contributed by atoms with E-state index in [0.29, 0.717) is 18.7 Å². The van der Waals surface area contributed by atoms with Crippen LogP contribution in [0.4, 0.5) is 5.69 Å². The minimum absolute atomic E-state index is 0.339. The van der Waals surface area contributed by atoms with E-state index >= 15 is 0 Å². The van der Waals surface area contributed by atoms with Crippen LogP contribution >= 0.6 is 22.6 Å². The number of methoxy groups -OCH3 is 1. The molecule has 4 aromatic rings. The van der Waals surface area contributed by atoms with Crippen LogP contribution in [0, 0.1) is 3.57 Å². The predicted molar refractivity (Wildman–Crippen MR) is 138 cm³/mol. The van der Waals surface area contributed by atoms with Gasteiger partial charge in [0, 0.05) is 16.7 Å². The lowest BCUT2D eigenvalue weighted by Gasteiger charge is -2.08. The van der Waals surface area contributed by atoms with Crippen molar-refractivity contribution in [3.8, 4) is 5.75 Å². The Morgan fingerprint density at radius 3 is 2.39 bits per heavy atom. The number of imidazole rings is 1. The first-order chi connectivity index (χ1) is 16.0. The van der Waals surface area contributed by atoms with Gasteiger partial charge in [0.1, 0.15) is 5.75 Å². The van der Waals surface area contributed by atoms with Crippen LogP contribution in [-0.2, 0) is 18.3 Å². The van der Waals surface area contributed by atoms with E-state index in [4.69, 9.17) is 14.5 Å². The fourth-order valence-electron chi connectivity index (χ4n) is 3.68. The van der Waals surface area contributed by atoms with Gasteiger partial charge in [0.05, 0.1) is 42.5 Å². The summed E-state index contributed by atoms with van der Waals surface area (Å²) in [5, 5.41) is 0. The molecule has 0 aliphatic heterocycles. The van der Waals surface area contributed by atoms with Crippen LogP contribution in [0.15, 0.2) is 71.7 Å². The van der Waals surface area contributed by atoms with E-state index in [1.54, 1.807) is 12.1 Å². The van der Waals surface area contributed by atoms with Crippen molar-refractivity contribution in [2.24, 2.45) is 12.0 Å². The normalized spacial score (nSPS) is 11.7. The van der Waals surface area contributed by atoms with Crippen molar-refractivity contribution in [3.63, 3.8) is 0 Å². The van der Waals surface area contributed by atoms with Gasteiger partial charge in [-0.05, 0) is 83.1 Å². The first-order valence-corrected chi connectivity index (χ1v) is 11.9. The van der Waals surface area contributed by atoms with Gasteiger partial charge in [-0.15, -0.1) is 0 Å². The number of hydrogen-bond donors (Lipinski definition) is 0. The molecule has 0 spiro atoms. The summed E-state index contributed by atoms with van der Waals surface area (Å²) in [6.45, 7) is 3.39. The molecule has 0 aliphatic carbocycles. The molecule has 0 atom stereocenters. The summed E-state index contributed by atoms with van der Waals surface area (Å²) in [5.74, 6) is 0.508. The maximum atomic E-state index is 11.8. The van der Waals surface area contributed by atoms with Gasteiger partial charge in [0.25, 0.3) is 0 Å². The standard InChI is InChI=1S/C26H26IN3O3/c1-4-15-33-22-13-14-23-24(16-22)29(2)26(28-21-11-9-20(27)10-12-21)30(23)17-18-5-7-19(8-6-18)25(31)32-3/h5-14,16H,4,15,17H2,1-3H3. The molecule has 4 rings (SSSR count). The summed E-state index contributed by atoms with van der Waals surface area (Å²) >= 11 is 2.29. The molecule has 0 amide bonds. The van der Waals surface area contributed by atoms with Crippen LogP contribution in [0.2, 0.25) is 0 Å². The second kappa shape index (κ2) is 10.2. The van der Waals surface area contributed by atoms with Crippen molar-refractivity contribution in [1.29, 1.82) is 0 Å². The Kier molecular flexibility index (Phi) is 7.17. The Bertz CT molecular complexity index is 1340. The highest BCUT2D eigenvalue weighted by Gasteiger charge is 2.12.